The molecular formula is C17H21NO4S. The van der Waals surface area contributed by atoms with Gasteiger partial charge in [0, 0.05) is 24.6 Å². The minimum Gasteiger partial charge on any atom is -0.496 e. The summed E-state index contributed by atoms with van der Waals surface area (Å²) in [5.74, 6) is 1.86. The number of benzene rings is 1. The maximum absolute atomic E-state index is 12.0. The molecule has 0 fully saturated rings. The fourth-order valence-electron chi connectivity index (χ4n) is 2.21. The number of nitrogens with one attached hydrogen (secondary N) is 1. The fraction of sp³-hybridized carbons (Fsp3) is 0.353. The minimum atomic E-state index is 0.00744. The summed E-state index contributed by atoms with van der Waals surface area (Å²) in [6.07, 6.45) is 1.21. The molecule has 2 rings (SSSR count). The highest BCUT2D eigenvalue weighted by Crippen LogP contribution is 2.34. The van der Waals surface area contributed by atoms with Gasteiger partial charge in [-0.05, 0) is 34.9 Å². The van der Waals surface area contributed by atoms with Crippen LogP contribution in [0.3, 0.4) is 0 Å². The first kappa shape index (κ1) is 17.1. The van der Waals surface area contributed by atoms with Crippen LogP contribution in [-0.4, -0.2) is 27.2 Å². The summed E-state index contributed by atoms with van der Waals surface area (Å²) in [4.78, 5) is 12.0. The Morgan fingerprint density at radius 1 is 1.09 bits per heavy atom. The number of hydrogen-bond donors (Lipinski definition) is 1. The zero-order valence-electron chi connectivity index (χ0n) is 13.5. The smallest absolute Gasteiger partial charge is 0.220 e. The summed E-state index contributed by atoms with van der Waals surface area (Å²) in [6, 6.07) is 5.61. The van der Waals surface area contributed by atoms with Crippen molar-refractivity contribution in [3.8, 4) is 17.2 Å². The van der Waals surface area contributed by atoms with Gasteiger partial charge in [-0.25, -0.2) is 0 Å². The molecule has 1 aromatic heterocycles. The molecule has 0 bridgehead atoms. The number of amides is 1. The molecule has 6 heteroatoms. The lowest BCUT2D eigenvalue weighted by atomic mass is 10.1. The molecule has 0 aliphatic heterocycles. The first-order valence-electron chi connectivity index (χ1n) is 7.24. The number of thiophene rings is 1. The summed E-state index contributed by atoms with van der Waals surface area (Å²) in [7, 11) is 4.74. The van der Waals surface area contributed by atoms with Crippen LogP contribution in [0, 0.1) is 0 Å². The van der Waals surface area contributed by atoms with E-state index in [0.717, 1.165) is 12.0 Å². The predicted octanol–water partition coefficient (Wildman–Crippen LogP) is 3.02. The summed E-state index contributed by atoms with van der Waals surface area (Å²) < 4.78 is 15.9. The molecule has 1 aromatic carbocycles. The van der Waals surface area contributed by atoms with E-state index in [0.29, 0.717) is 30.2 Å². The van der Waals surface area contributed by atoms with Crippen molar-refractivity contribution >= 4 is 17.2 Å². The zero-order valence-corrected chi connectivity index (χ0v) is 14.4. The molecule has 1 heterocycles. The molecule has 0 saturated carbocycles. The number of aryl methyl sites for hydroxylation is 1. The van der Waals surface area contributed by atoms with Crippen LogP contribution >= 0.6 is 11.3 Å². The van der Waals surface area contributed by atoms with Gasteiger partial charge in [0.1, 0.15) is 5.75 Å². The third kappa shape index (κ3) is 4.63. The van der Waals surface area contributed by atoms with E-state index < -0.39 is 0 Å². The highest BCUT2D eigenvalue weighted by molar-refractivity contribution is 7.07. The summed E-state index contributed by atoms with van der Waals surface area (Å²) in [6.45, 7) is 0.381. The van der Waals surface area contributed by atoms with Gasteiger partial charge < -0.3 is 19.5 Å². The molecule has 5 nitrogen and oxygen atoms in total. The van der Waals surface area contributed by atoms with Crippen LogP contribution in [0.2, 0.25) is 0 Å². The van der Waals surface area contributed by atoms with Crippen LogP contribution in [-0.2, 0) is 17.8 Å². The number of carbonyl (C=O) groups is 1. The van der Waals surface area contributed by atoms with Crippen LogP contribution in [0.5, 0.6) is 17.2 Å². The summed E-state index contributed by atoms with van der Waals surface area (Å²) in [5, 5.41) is 6.99. The Morgan fingerprint density at radius 2 is 1.78 bits per heavy atom. The molecule has 0 spiro atoms. The second-order valence-corrected chi connectivity index (χ2v) is 5.71. The number of rotatable bonds is 8. The summed E-state index contributed by atoms with van der Waals surface area (Å²) in [5.41, 5.74) is 2.03. The molecule has 1 N–H and O–H groups in total. The third-order valence-electron chi connectivity index (χ3n) is 3.48. The first-order valence-corrected chi connectivity index (χ1v) is 8.19. The first-order chi connectivity index (χ1) is 11.2. The van der Waals surface area contributed by atoms with Crippen LogP contribution in [0.25, 0.3) is 0 Å². The van der Waals surface area contributed by atoms with Gasteiger partial charge in [-0.15, -0.1) is 0 Å². The van der Waals surface area contributed by atoms with Gasteiger partial charge in [-0.3, -0.25) is 4.79 Å². The average Bonchev–Trinajstić information content (AvgIpc) is 3.10. The van der Waals surface area contributed by atoms with E-state index in [-0.39, 0.29) is 5.91 Å². The summed E-state index contributed by atoms with van der Waals surface area (Å²) >= 11 is 1.64. The Labute approximate surface area is 140 Å². The Bertz CT molecular complexity index is 640. The average molecular weight is 335 g/mol. The third-order valence-corrected chi connectivity index (χ3v) is 4.22. The molecule has 23 heavy (non-hydrogen) atoms. The Morgan fingerprint density at radius 3 is 2.39 bits per heavy atom. The van der Waals surface area contributed by atoms with Gasteiger partial charge in [-0.1, -0.05) is 0 Å². The number of hydrogen-bond acceptors (Lipinski definition) is 5. The highest BCUT2D eigenvalue weighted by Gasteiger charge is 2.12. The molecular weight excluding hydrogens is 314 g/mol. The second-order valence-electron chi connectivity index (χ2n) is 4.93. The monoisotopic (exact) mass is 335 g/mol. The van der Waals surface area contributed by atoms with Crippen molar-refractivity contribution in [3.05, 3.63) is 40.1 Å². The molecule has 0 unspecified atom stereocenters. The normalized spacial score (nSPS) is 10.2. The largest absolute Gasteiger partial charge is 0.496 e. The quantitative estimate of drug-likeness (QED) is 0.806. The van der Waals surface area contributed by atoms with Crippen molar-refractivity contribution in [2.24, 2.45) is 0 Å². The van der Waals surface area contributed by atoms with Gasteiger partial charge in [0.15, 0.2) is 11.5 Å². The van der Waals surface area contributed by atoms with Crippen molar-refractivity contribution in [1.29, 1.82) is 0 Å². The lowest BCUT2D eigenvalue weighted by Crippen LogP contribution is -2.23. The molecule has 0 atom stereocenters. The fourth-order valence-corrected chi connectivity index (χ4v) is 2.91. The topological polar surface area (TPSA) is 56.8 Å². The van der Waals surface area contributed by atoms with Crippen molar-refractivity contribution in [1.82, 2.24) is 5.32 Å². The van der Waals surface area contributed by atoms with Crippen LogP contribution in [0.4, 0.5) is 0 Å². The standard InChI is InChI=1S/C17H21NO4S/c1-20-14-9-16(22-3)15(21-2)8-13(14)10-18-17(19)5-4-12-6-7-23-11-12/h6-9,11H,4-5,10H2,1-3H3,(H,18,19). The van der Waals surface area contributed by atoms with Gasteiger partial charge in [0.25, 0.3) is 0 Å². The van der Waals surface area contributed by atoms with E-state index in [2.05, 4.69) is 10.7 Å². The Hall–Kier alpha value is -2.21. The lowest BCUT2D eigenvalue weighted by molar-refractivity contribution is -0.121. The molecule has 124 valence electrons. The van der Waals surface area contributed by atoms with Crippen molar-refractivity contribution in [3.63, 3.8) is 0 Å². The Kier molecular flexibility index (Phi) is 6.29. The van der Waals surface area contributed by atoms with Gasteiger partial charge >= 0.3 is 0 Å². The van der Waals surface area contributed by atoms with E-state index >= 15 is 0 Å². The lowest BCUT2D eigenvalue weighted by Gasteiger charge is -2.14. The second kappa shape index (κ2) is 8.43. The van der Waals surface area contributed by atoms with Crippen LogP contribution in [0.15, 0.2) is 29.0 Å². The van der Waals surface area contributed by atoms with Gasteiger partial charge in [-0.2, -0.15) is 11.3 Å². The van der Waals surface area contributed by atoms with E-state index in [9.17, 15) is 4.79 Å². The molecule has 0 saturated heterocycles. The van der Waals surface area contributed by atoms with Gasteiger partial charge in [0.2, 0.25) is 5.91 Å². The SMILES string of the molecule is COc1cc(OC)c(OC)cc1CNC(=O)CCc1ccsc1. The number of methoxy groups -OCH3 is 3. The Balaban J connectivity index is 1.97. The molecule has 0 radical (unpaired) electrons. The van der Waals surface area contributed by atoms with E-state index in [1.165, 1.54) is 5.56 Å². The zero-order chi connectivity index (χ0) is 16.7. The molecule has 0 aliphatic rings. The van der Waals surface area contributed by atoms with E-state index in [1.54, 1.807) is 38.7 Å². The molecule has 1 amide bonds. The predicted molar refractivity (Wildman–Crippen MR) is 90.6 cm³/mol. The van der Waals surface area contributed by atoms with E-state index in [1.807, 2.05) is 17.5 Å². The highest BCUT2D eigenvalue weighted by atomic mass is 32.1. The minimum absolute atomic E-state index is 0.00744. The van der Waals surface area contributed by atoms with Crippen molar-refractivity contribution in [2.45, 2.75) is 19.4 Å². The van der Waals surface area contributed by atoms with Crippen molar-refractivity contribution in [2.75, 3.05) is 21.3 Å². The van der Waals surface area contributed by atoms with Gasteiger partial charge in [0.05, 0.1) is 21.3 Å². The number of ether oxygens (including phenoxy) is 3. The maximum Gasteiger partial charge on any atom is 0.220 e. The molecule has 0 aliphatic carbocycles. The van der Waals surface area contributed by atoms with Crippen LogP contribution < -0.4 is 19.5 Å². The number of carbonyl (C=O) groups excluding carboxylic acids is 1. The van der Waals surface area contributed by atoms with Crippen molar-refractivity contribution < 1.29 is 19.0 Å². The molecule has 2 aromatic rings. The van der Waals surface area contributed by atoms with E-state index in [4.69, 9.17) is 14.2 Å². The maximum atomic E-state index is 12.0. The van der Waals surface area contributed by atoms with Crippen LogP contribution in [0.1, 0.15) is 17.5 Å².